The van der Waals surface area contributed by atoms with E-state index in [2.05, 4.69) is 19.2 Å². The molecule has 0 spiro atoms. The second-order valence-corrected chi connectivity index (χ2v) is 5.76. The molecule has 0 aliphatic heterocycles. The summed E-state index contributed by atoms with van der Waals surface area (Å²) in [6, 6.07) is 8.66. The Morgan fingerprint density at radius 1 is 1.22 bits per heavy atom. The summed E-state index contributed by atoms with van der Waals surface area (Å²) in [4.78, 5) is 22.6. The minimum absolute atomic E-state index is 0.140. The van der Waals surface area contributed by atoms with Gasteiger partial charge >= 0.3 is 12.1 Å². The zero-order valence-corrected chi connectivity index (χ0v) is 13.7. The summed E-state index contributed by atoms with van der Waals surface area (Å²) in [6.07, 6.45) is 0.0351. The van der Waals surface area contributed by atoms with E-state index in [1.165, 1.54) is 0 Å². The molecule has 0 saturated carbocycles. The zero-order valence-electron chi connectivity index (χ0n) is 13.7. The molecule has 0 saturated heterocycles. The molecule has 2 N–H and O–H groups in total. The molecular weight excluding hydrogens is 298 g/mol. The number of ether oxygens (including phenoxy) is 2. The van der Waals surface area contributed by atoms with Crippen molar-refractivity contribution in [3.05, 3.63) is 35.9 Å². The minimum atomic E-state index is -0.995. The quantitative estimate of drug-likeness (QED) is 0.647. The first-order valence-corrected chi connectivity index (χ1v) is 7.74. The SMILES string of the molecule is CC(C)CCOCC(CC(=O)O)NC(=O)OCc1ccccc1. The molecule has 0 radical (unpaired) electrons. The second-order valence-electron chi connectivity index (χ2n) is 5.76. The molecule has 23 heavy (non-hydrogen) atoms. The lowest BCUT2D eigenvalue weighted by atomic mass is 10.1. The monoisotopic (exact) mass is 323 g/mol. The Bertz CT molecular complexity index is 475. The van der Waals surface area contributed by atoms with Crippen LogP contribution in [0.1, 0.15) is 32.3 Å². The lowest BCUT2D eigenvalue weighted by Gasteiger charge is -2.17. The van der Waals surface area contributed by atoms with E-state index in [0.29, 0.717) is 12.5 Å². The van der Waals surface area contributed by atoms with Gasteiger partial charge in [0.2, 0.25) is 0 Å². The number of carboxylic acid groups (broad SMARTS) is 1. The first-order chi connectivity index (χ1) is 11.0. The topological polar surface area (TPSA) is 84.9 Å². The molecule has 0 aliphatic carbocycles. The number of carbonyl (C=O) groups is 2. The van der Waals surface area contributed by atoms with Gasteiger partial charge in [0.1, 0.15) is 6.61 Å². The van der Waals surface area contributed by atoms with Gasteiger partial charge in [-0.3, -0.25) is 4.79 Å². The highest BCUT2D eigenvalue weighted by atomic mass is 16.5. The summed E-state index contributed by atoms with van der Waals surface area (Å²) in [5.74, 6) is -0.484. The van der Waals surface area contributed by atoms with Crippen molar-refractivity contribution in [3.63, 3.8) is 0 Å². The van der Waals surface area contributed by atoms with E-state index in [-0.39, 0.29) is 19.6 Å². The fourth-order valence-electron chi connectivity index (χ4n) is 1.84. The molecule has 1 rings (SSSR count). The number of amides is 1. The van der Waals surface area contributed by atoms with Crippen LogP contribution in [0.15, 0.2) is 30.3 Å². The van der Waals surface area contributed by atoms with E-state index >= 15 is 0 Å². The van der Waals surface area contributed by atoms with Crippen LogP contribution in [0.4, 0.5) is 4.79 Å². The number of rotatable bonds is 10. The van der Waals surface area contributed by atoms with E-state index < -0.39 is 18.1 Å². The molecule has 1 unspecified atom stereocenters. The number of hydrogen-bond donors (Lipinski definition) is 2. The van der Waals surface area contributed by atoms with Crippen LogP contribution >= 0.6 is 0 Å². The molecule has 6 heteroatoms. The first-order valence-electron chi connectivity index (χ1n) is 7.74. The Morgan fingerprint density at radius 3 is 2.52 bits per heavy atom. The van der Waals surface area contributed by atoms with Gasteiger partial charge in [0.15, 0.2) is 0 Å². The van der Waals surface area contributed by atoms with Crippen LogP contribution < -0.4 is 5.32 Å². The molecule has 0 heterocycles. The summed E-state index contributed by atoms with van der Waals surface area (Å²) in [5, 5.41) is 11.4. The van der Waals surface area contributed by atoms with Crippen molar-refractivity contribution in [1.82, 2.24) is 5.32 Å². The lowest BCUT2D eigenvalue weighted by molar-refractivity contribution is -0.137. The standard InChI is InChI=1S/C17H25NO5/c1-13(2)8-9-22-12-15(10-16(19)20)18-17(21)23-11-14-6-4-3-5-7-14/h3-7,13,15H,8-12H2,1-2H3,(H,18,21)(H,19,20). The molecule has 1 amide bonds. The maximum absolute atomic E-state index is 11.8. The van der Waals surface area contributed by atoms with Crippen molar-refractivity contribution in [1.29, 1.82) is 0 Å². The van der Waals surface area contributed by atoms with E-state index in [0.717, 1.165) is 12.0 Å². The largest absolute Gasteiger partial charge is 0.481 e. The second kappa shape index (κ2) is 10.6. The summed E-state index contributed by atoms with van der Waals surface area (Å²) < 4.78 is 10.5. The van der Waals surface area contributed by atoms with Gasteiger partial charge in [-0.2, -0.15) is 0 Å². The van der Waals surface area contributed by atoms with Crippen molar-refractivity contribution < 1.29 is 24.2 Å². The summed E-state index contributed by atoms with van der Waals surface area (Å²) >= 11 is 0. The molecule has 0 aromatic heterocycles. The third-order valence-electron chi connectivity index (χ3n) is 3.11. The van der Waals surface area contributed by atoms with Gasteiger partial charge in [0.25, 0.3) is 0 Å². The van der Waals surface area contributed by atoms with Crippen molar-refractivity contribution in [3.8, 4) is 0 Å². The normalized spacial score (nSPS) is 12.0. The van der Waals surface area contributed by atoms with Gasteiger partial charge in [-0.05, 0) is 17.9 Å². The Labute approximate surface area is 136 Å². The Kier molecular flexibility index (Phi) is 8.75. The van der Waals surface area contributed by atoms with Gasteiger partial charge in [-0.1, -0.05) is 44.2 Å². The third-order valence-corrected chi connectivity index (χ3v) is 3.11. The van der Waals surface area contributed by atoms with Crippen LogP contribution in [-0.4, -0.2) is 36.4 Å². The molecular formula is C17H25NO5. The van der Waals surface area contributed by atoms with Crippen LogP contribution in [-0.2, 0) is 20.9 Å². The Balaban J connectivity index is 2.35. The van der Waals surface area contributed by atoms with Crippen LogP contribution in [0, 0.1) is 5.92 Å². The molecule has 128 valence electrons. The molecule has 0 bridgehead atoms. The molecule has 1 aromatic rings. The number of aliphatic carboxylic acids is 1. The van der Waals surface area contributed by atoms with E-state index in [9.17, 15) is 9.59 Å². The molecule has 0 fully saturated rings. The highest BCUT2D eigenvalue weighted by molar-refractivity contribution is 5.71. The highest BCUT2D eigenvalue weighted by Gasteiger charge is 2.17. The predicted octanol–water partition coefficient (Wildman–Crippen LogP) is 2.82. The van der Waals surface area contributed by atoms with Gasteiger partial charge in [-0.25, -0.2) is 4.79 Å². The van der Waals surface area contributed by atoms with Gasteiger partial charge in [-0.15, -0.1) is 0 Å². The van der Waals surface area contributed by atoms with Crippen molar-refractivity contribution >= 4 is 12.1 Å². The Hall–Kier alpha value is -2.08. The van der Waals surface area contributed by atoms with Gasteiger partial charge < -0.3 is 19.9 Å². The minimum Gasteiger partial charge on any atom is -0.481 e. The zero-order chi connectivity index (χ0) is 17.1. The van der Waals surface area contributed by atoms with Gasteiger partial charge in [0, 0.05) is 6.61 Å². The summed E-state index contributed by atoms with van der Waals surface area (Å²) in [7, 11) is 0. The Morgan fingerprint density at radius 2 is 1.91 bits per heavy atom. The number of hydrogen-bond acceptors (Lipinski definition) is 4. The maximum atomic E-state index is 11.8. The smallest absolute Gasteiger partial charge is 0.407 e. The lowest BCUT2D eigenvalue weighted by Crippen LogP contribution is -2.40. The number of benzene rings is 1. The predicted molar refractivity (Wildman–Crippen MR) is 86.1 cm³/mol. The average Bonchev–Trinajstić information content (AvgIpc) is 2.49. The van der Waals surface area contributed by atoms with Crippen LogP contribution in [0.5, 0.6) is 0 Å². The third kappa shape index (κ3) is 9.52. The van der Waals surface area contributed by atoms with Crippen LogP contribution in [0.3, 0.4) is 0 Å². The maximum Gasteiger partial charge on any atom is 0.407 e. The molecule has 1 atom stereocenters. The molecule has 0 aliphatic rings. The van der Waals surface area contributed by atoms with Crippen molar-refractivity contribution in [2.75, 3.05) is 13.2 Å². The number of carboxylic acids is 1. The molecule has 1 aromatic carbocycles. The van der Waals surface area contributed by atoms with E-state index in [4.69, 9.17) is 14.6 Å². The fourth-order valence-corrected chi connectivity index (χ4v) is 1.84. The number of carbonyl (C=O) groups excluding carboxylic acids is 1. The van der Waals surface area contributed by atoms with Gasteiger partial charge in [0.05, 0.1) is 19.1 Å². The average molecular weight is 323 g/mol. The summed E-state index contributed by atoms with van der Waals surface area (Å²) in [6.45, 7) is 4.99. The van der Waals surface area contributed by atoms with Crippen molar-refractivity contribution in [2.24, 2.45) is 5.92 Å². The highest BCUT2D eigenvalue weighted by Crippen LogP contribution is 2.03. The van der Waals surface area contributed by atoms with E-state index in [1.807, 2.05) is 30.3 Å². The van der Waals surface area contributed by atoms with E-state index in [1.54, 1.807) is 0 Å². The number of alkyl carbamates (subject to hydrolysis) is 1. The van der Waals surface area contributed by atoms with Crippen molar-refractivity contribution in [2.45, 2.75) is 39.3 Å². The molecule has 6 nitrogen and oxygen atoms in total. The first kappa shape index (κ1) is 19.0. The fraction of sp³-hybridized carbons (Fsp3) is 0.529. The number of nitrogens with one attached hydrogen (secondary N) is 1. The summed E-state index contributed by atoms with van der Waals surface area (Å²) in [5.41, 5.74) is 0.866. The van der Waals surface area contributed by atoms with Crippen LogP contribution in [0.2, 0.25) is 0 Å². The van der Waals surface area contributed by atoms with Crippen LogP contribution in [0.25, 0.3) is 0 Å².